The third-order valence-electron chi connectivity index (χ3n) is 4.62. The number of benzene rings is 2. The van der Waals surface area contributed by atoms with Crippen molar-refractivity contribution in [3.63, 3.8) is 0 Å². The van der Waals surface area contributed by atoms with E-state index in [9.17, 15) is 8.42 Å². The van der Waals surface area contributed by atoms with Gasteiger partial charge in [0.05, 0.1) is 4.90 Å². The maximum absolute atomic E-state index is 12.6. The summed E-state index contributed by atoms with van der Waals surface area (Å²) in [5, 5.41) is 4.03. The van der Waals surface area contributed by atoms with Crippen LogP contribution < -0.4 is 0 Å². The van der Waals surface area contributed by atoms with Gasteiger partial charge in [0.2, 0.25) is 15.8 Å². The van der Waals surface area contributed by atoms with Crippen molar-refractivity contribution in [1.29, 1.82) is 0 Å². The minimum atomic E-state index is -3.41. The molecule has 2 aromatic carbocycles. The lowest BCUT2D eigenvalue weighted by Gasteiger charge is -2.15. The Morgan fingerprint density at radius 2 is 1.69 bits per heavy atom. The standard InChI is InChI=1S/C19H19N3O3S/c1-14-6-2-3-7-17(14)19-20-18(21-25-19)15-8-10-16(11-9-15)26(23,24)22-12-4-5-13-22/h2-3,6-11H,4-5,12-13H2,1H3. The van der Waals surface area contributed by atoms with Gasteiger partial charge >= 0.3 is 0 Å². The number of aryl methyl sites for hydroxylation is 1. The molecule has 26 heavy (non-hydrogen) atoms. The molecule has 0 saturated carbocycles. The number of hydrogen-bond acceptors (Lipinski definition) is 5. The van der Waals surface area contributed by atoms with E-state index in [1.807, 2.05) is 31.2 Å². The monoisotopic (exact) mass is 369 g/mol. The van der Waals surface area contributed by atoms with Crippen molar-refractivity contribution in [1.82, 2.24) is 14.4 Å². The molecule has 1 fully saturated rings. The van der Waals surface area contributed by atoms with Crippen LogP contribution in [0.5, 0.6) is 0 Å². The molecule has 0 atom stereocenters. The smallest absolute Gasteiger partial charge is 0.258 e. The number of aromatic nitrogens is 2. The molecule has 134 valence electrons. The van der Waals surface area contributed by atoms with Crippen LogP contribution in [0.2, 0.25) is 0 Å². The van der Waals surface area contributed by atoms with E-state index < -0.39 is 10.0 Å². The molecule has 1 aliphatic rings. The lowest BCUT2D eigenvalue weighted by molar-refractivity contribution is 0.432. The van der Waals surface area contributed by atoms with Crippen molar-refractivity contribution < 1.29 is 12.9 Å². The highest BCUT2D eigenvalue weighted by Gasteiger charge is 2.27. The van der Waals surface area contributed by atoms with Gasteiger partial charge in [0, 0.05) is 24.2 Å². The average Bonchev–Trinajstić information content (AvgIpc) is 3.35. The Kier molecular flexibility index (Phi) is 4.34. The molecular weight excluding hydrogens is 350 g/mol. The van der Waals surface area contributed by atoms with Crippen molar-refractivity contribution in [3.05, 3.63) is 54.1 Å². The van der Waals surface area contributed by atoms with Crippen LogP contribution in [0.3, 0.4) is 0 Å². The van der Waals surface area contributed by atoms with Crippen LogP contribution in [0.25, 0.3) is 22.8 Å². The maximum atomic E-state index is 12.6. The summed E-state index contributed by atoms with van der Waals surface area (Å²) in [7, 11) is -3.41. The molecule has 6 nitrogen and oxygen atoms in total. The van der Waals surface area contributed by atoms with Crippen molar-refractivity contribution >= 4 is 10.0 Å². The van der Waals surface area contributed by atoms with Crippen molar-refractivity contribution in [3.8, 4) is 22.8 Å². The summed E-state index contributed by atoms with van der Waals surface area (Å²) >= 11 is 0. The SMILES string of the molecule is Cc1ccccc1-c1nc(-c2ccc(S(=O)(=O)N3CCCC3)cc2)no1. The number of nitrogens with zero attached hydrogens (tertiary/aromatic N) is 3. The van der Waals surface area contributed by atoms with Gasteiger partial charge in [0.25, 0.3) is 5.89 Å². The van der Waals surface area contributed by atoms with Crippen LogP contribution in [0.4, 0.5) is 0 Å². The highest BCUT2D eigenvalue weighted by atomic mass is 32.2. The van der Waals surface area contributed by atoms with Crippen molar-refractivity contribution in [2.24, 2.45) is 0 Å². The van der Waals surface area contributed by atoms with Crippen LogP contribution in [-0.4, -0.2) is 36.0 Å². The fourth-order valence-electron chi connectivity index (χ4n) is 3.12. The van der Waals surface area contributed by atoms with Crippen LogP contribution in [0.1, 0.15) is 18.4 Å². The molecule has 7 heteroatoms. The van der Waals surface area contributed by atoms with Gasteiger partial charge in [0.15, 0.2) is 0 Å². The third-order valence-corrected chi connectivity index (χ3v) is 6.53. The summed E-state index contributed by atoms with van der Waals surface area (Å²) in [5.74, 6) is 0.889. The molecule has 3 aromatic rings. The second-order valence-electron chi connectivity index (χ2n) is 6.37. The minimum Gasteiger partial charge on any atom is -0.334 e. The summed E-state index contributed by atoms with van der Waals surface area (Å²) in [6.45, 7) is 3.17. The highest BCUT2D eigenvalue weighted by molar-refractivity contribution is 7.89. The van der Waals surface area contributed by atoms with Crippen molar-refractivity contribution in [2.45, 2.75) is 24.7 Å². The van der Waals surface area contributed by atoms with E-state index in [0.717, 1.165) is 24.0 Å². The summed E-state index contributed by atoms with van der Waals surface area (Å²) in [6, 6.07) is 14.4. The van der Waals surface area contributed by atoms with Crippen LogP contribution in [0, 0.1) is 6.92 Å². The predicted octanol–water partition coefficient (Wildman–Crippen LogP) is 3.50. The van der Waals surface area contributed by atoms with Crippen LogP contribution in [0.15, 0.2) is 57.9 Å². The largest absolute Gasteiger partial charge is 0.334 e. The Labute approximate surface area is 152 Å². The molecule has 0 unspecified atom stereocenters. The first-order chi connectivity index (χ1) is 12.6. The van der Waals surface area contributed by atoms with Gasteiger partial charge in [-0.2, -0.15) is 9.29 Å². The molecule has 0 amide bonds. The minimum absolute atomic E-state index is 0.297. The summed E-state index contributed by atoms with van der Waals surface area (Å²) in [6.07, 6.45) is 1.84. The zero-order chi connectivity index (χ0) is 18.1. The molecular formula is C19H19N3O3S. The van der Waals surface area contributed by atoms with Gasteiger partial charge in [-0.3, -0.25) is 0 Å². The van der Waals surface area contributed by atoms with E-state index in [4.69, 9.17) is 4.52 Å². The van der Waals surface area contributed by atoms with Gasteiger partial charge in [-0.1, -0.05) is 23.4 Å². The lowest BCUT2D eigenvalue weighted by Crippen LogP contribution is -2.27. The Morgan fingerprint density at radius 3 is 2.38 bits per heavy atom. The molecule has 0 aliphatic carbocycles. The van der Waals surface area contributed by atoms with Crippen LogP contribution >= 0.6 is 0 Å². The molecule has 0 N–H and O–H groups in total. The highest BCUT2D eigenvalue weighted by Crippen LogP contribution is 2.26. The first-order valence-electron chi connectivity index (χ1n) is 8.56. The zero-order valence-electron chi connectivity index (χ0n) is 14.4. The molecule has 0 spiro atoms. The number of hydrogen-bond donors (Lipinski definition) is 0. The van der Waals surface area contributed by atoms with E-state index in [1.54, 1.807) is 24.3 Å². The molecule has 1 aliphatic heterocycles. The van der Waals surface area contributed by atoms with E-state index in [1.165, 1.54) is 4.31 Å². The molecule has 1 saturated heterocycles. The Balaban J connectivity index is 1.61. The topological polar surface area (TPSA) is 76.3 Å². The second kappa shape index (κ2) is 6.66. The first kappa shape index (κ1) is 16.9. The molecule has 0 radical (unpaired) electrons. The first-order valence-corrected chi connectivity index (χ1v) is 10.00. The van der Waals surface area contributed by atoms with Crippen LogP contribution in [-0.2, 0) is 10.0 Å². The fourth-order valence-corrected chi connectivity index (χ4v) is 4.63. The predicted molar refractivity (Wildman–Crippen MR) is 97.9 cm³/mol. The summed E-state index contributed by atoms with van der Waals surface area (Å²) < 4.78 is 32.1. The summed E-state index contributed by atoms with van der Waals surface area (Å²) in [5.41, 5.74) is 2.66. The molecule has 4 rings (SSSR count). The van der Waals surface area contributed by atoms with E-state index in [-0.39, 0.29) is 0 Å². The van der Waals surface area contributed by atoms with Gasteiger partial charge in [-0.15, -0.1) is 0 Å². The molecule has 2 heterocycles. The quantitative estimate of drug-likeness (QED) is 0.703. The van der Waals surface area contributed by atoms with E-state index in [2.05, 4.69) is 10.1 Å². The van der Waals surface area contributed by atoms with Crippen molar-refractivity contribution in [2.75, 3.05) is 13.1 Å². The van der Waals surface area contributed by atoms with E-state index >= 15 is 0 Å². The molecule has 1 aromatic heterocycles. The summed E-state index contributed by atoms with van der Waals surface area (Å²) in [4.78, 5) is 4.74. The van der Waals surface area contributed by atoms with E-state index in [0.29, 0.717) is 35.3 Å². The third kappa shape index (κ3) is 3.04. The number of sulfonamides is 1. The Hall–Kier alpha value is -2.51. The van der Waals surface area contributed by atoms with Gasteiger partial charge < -0.3 is 4.52 Å². The maximum Gasteiger partial charge on any atom is 0.258 e. The average molecular weight is 369 g/mol. The van der Waals surface area contributed by atoms with Gasteiger partial charge in [-0.05, 0) is 55.7 Å². The Morgan fingerprint density at radius 1 is 1.00 bits per heavy atom. The normalized spacial score (nSPS) is 15.4. The Bertz CT molecular complexity index is 1020. The lowest BCUT2D eigenvalue weighted by atomic mass is 10.1. The molecule has 0 bridgehead atoms. The number of rotatable bonds is 4. The zero-order valence-corrected chi connectivity index (χ0v) is 15.2. The van der Waals surface area contributed by atoms with Gasteiger partial charge in [-0.25, -0.2) is 8.42 Å². The fraction of sp³-hybridized carbons (Fsp3) is 0.263. The second-order valence-corrected chi connectivity index (χ2v) is 8.31. The van der Waals surface area contributed by atoms with Gasteiger partial charge in [0.1, 0.15) is 0 Å².